The smallest absolute Gasteiger partial charge is 0.137 e. The van der Waals surface area contributed by atoms with E-state index < -0.39 is 0 Å². The Morgan fingerprint density at radius 3 is 2.64 bits per heavy atom. The van der Waals surface area contributed by atoms with Crippen LogP contribution in [-0.2, 0) is 0 Å². The highest BCUT2D eigenvalue weighted by atomic mass is 16.5. The van der Waals surface area contributed by atoms with Gasteiger partial charge in [-0.25, -0.2) is 0 Å². The Labute approximate surface area is 84.4 Å². The van der Waals surface area contributed by atoms with Gasteiger partial charge in [0.25, 0.3) is 0 Å². The molecular weight excluding hydrogens is 174 g/mol. The zero-order valence-corrected chi connectivity index (χ0v) is 8.66. The standard InChI is InChI=1S/C12H13NO/c1-4-5-10-6-9(2)7-12(14-3)11(10)8-13/h4-7H,1-3H3/b5-4+. The Balaban J connectivity index is 3.41. The first kappa shape index (κ1) is 10.3. The third-order valence-corrected chi connectivity index (χ3v) is 1.95. The van der Waals surface area contributed by atoms with Gasteiger partial charge in [0.1, 0.15) is 17.4 Å². The van der Waals surface area contributed by atoms with Crippen LogP contribution in [-0.4, -0.2) is 7.11 Å². The van der Waals surface area contributed by atoms with Crippen LogP contribution < -0.4 is 4.74 Å². The Morgan fingerprint density at radius 2 is 2.14 bits per heavy atom. The molecule has 0 spiro atoms. The van der Waals surface area contributed by atoms with Gasteiger partial charge in [-0.05, 0) is 31.0 Å². The molecule has 2 nitrogen and oxygen atoms in total. The van der Waals surface area contributed by atoms with Crippen molar-refractivity contribution in [2.24, 2.45) is 0 Å². The van der Waals surface area contributed by atoms with Gasteiger partial charge in [0.15, 0.2) is 0 Å². The molecule has 0 saturated heterocycles. The van der Waals surface area contributed by atoms with Gasteiger partial charge in [-0.2, -0.15) is 5.26 Å². The molecule has 0 fully saturated rings. The molecule has 0 saturated carbocycles. The summed E-state index contributed by atoms with van der Waals surface area (Å²) in [7, 11) is 1.58. The Kier molecular flexibility index (Phi) is 3.30. The molecule has 0 aromatic heterocycles. The van der Waals surface area contributed by atoms with Crippen molar-refractivity contribution >= 4 is 6.08 Å². The van der Waals surface area contributed by atoms with Crippen LogP contribution in [0.3, 0.4) is 0 Å². The van der Waals surface area contributed by atoms with Crippen LogP contribution >= 0.6 is 0 Å². The van der Waals surface area contributed by atoms with E-state index in [1.807, 2.05) is 38.1 Å². The highest BCUT2D eigenvalue weighted by Crippen LogP contribution is 2.24. The SMILES string of the molecule is C/C=C/c1cc(C)cc(OC)c1C#N. The van der Waals surface area contributed by atoms with E-state index in [0.29, 0.717) is 11.3 Å². The predicted molar refractivity (Wildman–Crippen MR) is 57.2 cm³/mol. The first-order valence-electron chi connectivity index (χ1n) is 4.44. The molecule has 2 heteroatoms. The van der Waals surface area contributed by atoms with Crippen LogP contribution in [0.2, 0.25) is 0 Å². The molecule has 0 atom stereocenters. The van der Waals surface area contributed by atoms with E-state index in [-0.39, 0.29) is 0 Å². The van der Waals surface area contributed by atoms with E-state index in [2.05, 4.69) is 6.07 Å². The Bertz CT molecular complexity index is 400. The number of ether oxygens (including phenoxy) is 1. The van der Waals surface area contributed by atoms with Crippen LogP contribution in [0.25, 0.3) is 6.08 Å². The number of hydrogen-bond donors (Lipinski definition) is 0. The van der Waals surface area contributed by atoms with Gasteiger partial charge in [0.05, 0.1) is 7.11 Å². The second kappa shape index (κ2) is 4.48. The van der Waals surface area contributed by atoms with Crippen LogP contribution in [0.1, 0.15) is 23.6 Å². The second-order valence-corrected chi connectivity index (χ2v) is 3.04. The number of allylic oxidation sites excluding steroid dienone is 1. The molecule has 0 N–H and O–H groups in total. The number of benzene rings is 1. The topological polar surface area (TPSA) is 33.0 Å². The largest absolute Gasteiger partial charge is 0.495 e. The summed E-state index contributed by atoms with van der Waals surface area (Å²) in [4.78, 5) is 0. The van der Waals surface area contributed by atoms with Crippen LogP contribution in [0, 0.1) is 18.3 Å². The van der Waals surface area contributed by atoms with E-state index in [1.165, 1.54) is 0 Å². The molecule has 0 aliphatic rings. The highest BCUT2D eigenvalue weighted by molar-refractivity contribution is 5.63. The summed E-state index contributed by atoms with van der Waals surface area (Å²) in [5.41, 5.74) is 2.59. The number of aryl methyl sites for hydroxylation is 1. The molecule has 0 bridgehead atoms. The molecule has 1 rings (SSSR count). The van der Waals surface area contributed by atoms with Crippen molar-refractivity contribution in [3.8, 4) is 11.8 Å². The van der Waals surface area contributed by atoms with E-state index in [0.717, 1.165) is 11.1 Å². The van der Waals surface area contributed by atoms with E-state index in [1.54, 1.807) is 7.11 Å². The van der Waals surface area contributed by atoms with Gasteiger partial charge in [-0.1, -0.05) is 18.2 Å². The zero-order chi connectivity index (χ0) is 10.6. The molecular formula is C12H13NO. The fourth-order valence-electron chi connectivity index (χ4n) is 1.37. The minimum absolute atomic E-state index is 0.594. The summed E-state index contributed by atoms with van der Waals surface area (Å²) in [6.07, 6.45) is 3.82. The Hall–Kier alpha value is -1.75. The monoisotopic (exact) mass is 187 g/mol. The number of hydrogen-bond acceptors (Lipinski definition) is 2. The van der Waals surface area contributed by atoms with Crippen molar-refractivity contribution in [2.45, 2.75) is 13.8 Å². The van der Waals surface area contributed by atoms with Crippen LogP contribution in [0.15, 0.2) is 18.2 Å². The molecule has 0 heterocycles. The number of nitriles is 1. The van der Waals surface area contributed by atoms with E-state index in [4.69, 9.17) is 10.00 Å². The van der Waals surface area contributed by atoms with E-state index >= 15 is 0 Å². The fraction of sp³-hybridized carbons (Fsp3) is 0.250. The maximum absolute atomic E-state index is 8.98. The lowest BCUT2D eigenvalue weighted by Gasteiger charge is -2.07. The zero-order valence-electron chi connectivity index (χ0n) is 8.66. The quantitative estimate of drug-likeness (QED) is 0.713. The molecule has 0 amide bonds. The summed E-state index contributed by atoms with van der Waals surface area (Å²) in [5, 5.41) is 8.98. The second-order valence-electron chi connectivity index (χ2n) is 3.04. The summed E-state index contributed by atoms with van der Waals surface area (Å²) < 4.78 is 5.15. The van der Waals surface area contributed by atoms with Crippen molar-refractivity contribution in [1.82, 2.24) is 0 Å². The highest BCUT2D eigenvalue weighted by Gasteiger charge is 2.07. The third-order valence-electron chi connectivity index (χ3n) is 1.95. The summed E-state index contributed by atoms with van der Waals surface area (Å²) in [6.45, 7) is 3.91. The van der Waals surface area contributed by atoms with Crippen LogP contribution in [0.4, 0.5) is 0 Å². The summed E-state index contributed by atoms with van der Waals surface area (Å²) in [6, 6.07) is 5.99. The molecule has 0 aliphatic heterocycles. The van der Waals surface area contributed by atoms with Gasteiger partial charge in [-0.15, -0.1) is 0 Å². The minimum atomic E-state index is 0.594. The number of nitrogens with zero attached hydrogens (tertiary/aromatic N) is 1. The van der Waals surface area contributed by atoms with Gasteiger partial charge < -0.3 is 4.74 Å². The van der Waals surface area contributed by atoms with Gasteiger partial charge >= 0.3 is 0 Å². The van der Waals surface area contributed by atoms with E-state index in [9.17, 15) is 0 Å². The van der Waals surface area contributed by atoms with Gasteiger partial charge in [0.2, 0.25) is 0 Å². The lowest BCUT2D eigenvalue weighted by Crippen LogP contribution is -1.92. The maximum Gasteiger partial charge on any atom is 0.137 e. The normalized spacial score (nSPS) is 10.1. The predicted octanol–water partition coefficient (Wildman–Crippen LogP) is 2.91. The van der Waals surface area contributed by atoms with Crippen LogP contribution in [0.5, 0.6) is 5.75 Å². The lowest BCUT2D eigenvalue weighted by molar-refractivity contribution is 0.413. The molecule has 0 radical (unpaired) electrons. The molecule has 72 valence electrons. The van der Waals surface area contributed by atoms with Crippen molar-refractivity contribution in [2.75, 3.05) is 7.11 Å². The van der Waals surface area contributed by atoms with Gasteiger partial charge in [-0.3, -0.25) is 0 Å². The van der Waals surface area contributed by atoms with Crippen molar-refractivity contribution in [1.29, 1.82) is 5.26 Å². The average molecular weight is 187 g/mol. The number of methoxy groups -OCH3 is 1. The lowest BCUT2D eigenvalue weighted by atomic mass is 10.0. The summed E-state index contributed by atoms with van der Waals surface area (Å²) >= 11 is 0. The van der Waals surface area contributed by atoms with Crippen molar-refractivity contribution in [3.63, 3.8) is 0 Å². The maximum atomic E-state index is 8.98. The Morgan fingerprint density at radius 1 is 1.43 bits per heavy atom. The molecule has 1 aromatic carbocycles. The minimum Gasteiger partial charge on any atom is -0.495 e. The molecule has 1 aromatic rings. The summed E-state index contributed by atoms with van der Waals surface area (Å²) in [5.74, 6) is 0.639. The van der Waals surface area contributed by atoms with Gasteiger partial charge in [0, 0.05) is 0 Å². The first-order chi connectivity index (χ1) is 6.72. The third kappa shape index (κ3) is 1.94. The van der Waals surface area contributed by atoms with Crippen molar-refractivity contribution in [3.05, 3.63) is 34.9 Å². The first-order valence-corrected chi connectivity index (χ1v) is 4.44. The number of rotatable bonds is 2. The fourth-order valence-corrected chi connectivity index (χ4v) is 1.37. The molecule has 14 heavy (non-hydrogen) atoms. The molecule has 0 unspecified atom stereocenters. The van der Waals surface area contributed by atoms with Crippen molar-refractivity contribution < 1.29 is 4.74 Å². The molecule has 0 aliphatic carbocycles. The average Bonchev–Trinajstić information content (AvgIpc) is 2.17.